The lowest BCUT2D eigenvalue weighted by Gasteiger charge is -2.35. The lowest BCUT2D eigenvalue weighted by atomic mass is 10.0. The average Bonchev–Trinajstić information content (AvgIpc) is 2.45. The molecule has 1 fully saturated rings. The van der Waals surface area contributed by atoms with E-state index in [0.717, 1.165) is 38.3 Å². The van der Waals surface area contributed by atoms with Crippen molar-refractivity contribution < 1.29 is 4.43 Å². The highest BCUT2D eigenvalue weighted by Crippen LogP contribution is 2.27. The van der Waals surface area contributed by atoms with Crippen LogP contribution in [0.1, 0.15) is 18.0 Å². The molecule has 2 rings (SSSR count). The first-order valence-corrected chi connectivity index (χ1v) is 11.2. The lowest BCUT2D eigenvalue weighted by Crippen LogP contribution is -2.45. The molecule has 0 saturated carbocycles. The van der Waals surface area contributed by atoms with Gasteiger partial charge in [0, 0.05) is 32.2 Å². The zero-order valence-electron chi connectivity index (χ0n) is 13.6. The molecular weight excluding hydrogens is 276 g/mol. The van der Waals surface area contributed by atoms with Crippen molar-refractivity contribution in [1.82, 2.24) is 10.2 Å². The number of piperazine rings is 1. The Kier molecular flexibility index (Phi) is 5.62. The fraction of sp³-hybridized carbons (Fsp3) is 0.529. The molecule has 1 saturated heterocycles. The molecule has 0 aliphatic carbocycles. The van der Waals surface area contributed by atoms with Gasteiger partial charge in [-0.2, -0.15) is 0 Å². The summed E-state index contributed by atoms with van der Waals surface area (Å²) in [5.74, 6) is 0.996. The Bertz CT molecular complexity index is 447. The molecule has 1 aliphatic rings. The van der Waals surface area contributed by atoms with Gasteiger partial charge in [-0.05, 0) is 43.8 Å². The predicted molar refractivity (Wildman–Crippen MR) is 92.4 cm³/mol. The maximum absolute atomic E-state index is 6.04. The van der Waals surface area contributed by atoms with Gasteiger partial charge >= 0.3 is 0 Å². The van der Waals surface area contributed by atoms with E-state index >= 15 is 0 Å². The molecule has 0 spiro atoms. The molecule has 116 valence electrons. The van der Waals surface area contributed by atoms with Gasteiger partial charge in [-0.3, -0.25) is 4.90 Å². The minimum atomic E-state index is -1.52. The van der Waals surface area contributed by atoms with Crippen molar-refractivity contribution in [3.05, 3.63) is 42.5 Å². The Morgan fingerprint density at radius 3 is 2.38 bits per heavy atom. The van der Waals surface area contributed by atoms with E-state index in [1.165, 1.54) is 5.56 Å². The van der Waals surface area contributed by atoms with E-state index in [1.54, 1.807) is 0 Å². The molecule has 0 aromatic heterocycles. The van der Waals surface area contributed by atoms with E-state index in [1.807, 2.05) is 6.08 Å². The zero-order chi connectivity index (χ0) is 15.3. The van der Waals surface area contributed by atoms with Crippen molar-refractivity contribution >= 4 is 8.32 Å². The number of hydrogen-bond acceptors (Lipinski definition) is 3. The Morgan fingerprint density at radius 2 is 1.86 bits per heavy atom. The summed E-state index contributed by atoms with van der Waals surface area (Å²) in [5.41, 5.74) is 1.36. The smallest absolute Gasteiger partial charge is 0.242 e. The van der Waals surface area contributed by atoms with Crippen LogP contribution < -0.4 is 9.74 Å². The predicted octanol–water partition coefficient (Wildman–Crippen LogP) is 3.42. The summed E-state index contributed by atoms with van der Waals surface area (Å²) in [6.07, 6.45) is 3.02. The molecule has 3 nitrogen and oxygen atoms in total. The molecule has 1 aromatic carbocycles. The molecule has 4 heteroatoms. The minimum Gasteiger partial charge on any atom is -0.544 e. The normalized spacial score (nSPS) is 18.2. The quantitative estimate of drug-likeness (QED) is 0.644. The number of nitrogens with zero attached hydrogens (tertiary/aromatic N) is 1. The maximum Gasteiger partial charge on any atom is 0.242 e. The van der Waals surface area contributed by atoms with Crippen molar-refractivity contribution in [3.63, 3.8) is 0 Å². The third-order valence-electron chi connectivity index (χ3n) is 3.67. The summed E-state index contributed by atoms with van der Waals surface area (Å²) in [7, 11) is -1.52. The molecular formula is C17H28N2OSi. The summed E-state index contributed by atoms with van der Waals surface area (Å²) in [6.45, 7) is 14.9. The third kappa shape index (κ3) is 4.99. The van der Waals surface area contributed by atoms with E-state index in [4.69, 9.17) is 4.43 Å². The van der Waals surface area contributed by atoms with E-state index in [0.29, 0.717) is 6.04 Å². The van der Waals surface area contributed by atoms with Crippen LogP contribution in [-0.4, -0.2) is 39.4 Å². The number of hydrogen-bond donors (Lipinski definition) is 1. The fourth-order valence-corrected chi connectivity index (χ4v) is 3.60. The van der Waals surface area contributed by atoms with Crippen LogP contribution in [0.5, 0.6) is 5.75 Å². The van der Waals surface area contributed by atoms with Gasteiger partial charge in [0.05, 0.1) is 0 Å². The Morgan fingerprint density at radius 1 is 1.24 bits per heavy atom. The van der Waals surface area contributed by atoms with Crippen LogP contribution in [0, 0.1) is 0 Å². The van der Waals surface area contributed by atoms with Crippen LogP contribution >= 0.6 is 0 Å². The highest BCUT2D eigenvalue weighted by Gasteiger charge is 2.21. The average molecular weight is 305 g/mol. The summed E-state index contributed by atoms with van der Waals surface area (Å²) >= 11 is 0. The van der Waals surface area contributed by atoms with Gasteiger partial charge in [0.15, 0.2) is 0 Å². The van der Waals surface area contributed by atoms with Crippen LogP contribution in [0.3, 0.4) is 0 Å². The second kappa shape index (κ2) is 7.25. The zero-order valence-corrected chi connectivity index (χ0v) is 14.6. The lowest BCUT2D eigenvalue weighted by molar-refractivity contribution is 0.174. The monoisotopic (exact) mass is 304 g/mol. The maximum atomic E-state index is 6.04. The van der Waals surface area contributed by atoms with Gasteiger partial charge in [0.25, 0.3) is 0 Å². The van der Waals surface area contributed by atoms with Gasteiger partial charge < -0.3 is 9.74 Å². The van der Waals surface area contributed by atoms with Gasteiger partial charge in [0.2, 0.25) is 8.32 Å². The Balaban J connectivity index is 2.10. The van der Waals surface area contributed by atoms with Crippen LogP contribution in [0.4, 0.5) is 0 Å². The fourth-order valence-electron chi connectivity index (χ4n) is 2.76. The van der Waals surface area contributed by atoms with Crippen molar-refractivity contribution in [2.24, 2.45) is 0 Å². The topological polar surface area (TPSA) is 24.5 Å². The molecule has 1 N–H and O–H groups in total. The molecule has 1 atom stereocenters. The van der Waals surface area contributed by atoms with Crippen LogP contribution in [0.25, 0.3) is 0 Å². The van der Waals surface area contributed by atoms with Crippen molar-refractivity contribution in [2.75, 3.05) is 26.2 Å². The Hall–Kier alpha value is -1.10. The van der Waals surface area contributed by atoms with Gasteiger partial charge in [-0.25, -0.2) is 0 Å². The summed E-state index contributed by atoms with van der Waals surface area (Å²) < 4.78 is 6.04. The first kappa shape index (κ1) is 16.3. The van der Waals surface area contributed by atoms with Crippen molar-refractivity contribution in [1.29, 1.82) is 0 Å². The first-order valence-electron chi connectivity index (χ1n) is 7.84. The van der Waals surface area contributed by atoms with E-state index in [2.05, 4.69) is 60.7 Å². The standard InChI is InChI=1S/C17H28N2OSi/c1-5-6-17(19-13-11-18-12-14-19)15-7-9-16(10-8-15)20-21(2,3)4/h5,7-10,17-18H,1,6,11-14H2,2-4H3/t17-/m0/s1. The molecule has 0 radical (unpaired) electrons. The van der Waals surface area contributed by atoms with Gasteiger partial charge in [-0.1, -0.05) is 18.2 Å². The Labute approximate surface area is 130 Å². The summed E-state index contributed by atoms with van der Waals surface area (Å²) in [4.78, 5) is 2.55. The molecule has 21 heavy (non-hydrogen) atoms. The largest absolute Gasteiger partial charge is 0.544 e. The van der Waals surface area contributed by atoms with Crippen molar-refractivity contribution in [2.45, 2.75) is 32.1 Å². The van der Waals surface area contributed by atoms with Crippen LogP contribution in [0.2, 0.25) is 19.6 Å². The second-order valence-electron chi connectivity index (χ2n) is 6.61. The SMILES string of the molecule is C=CC[C@@H](c1ccc(O[Si](C)(C)C)cc1)N1CCNCC1. The molecule has 1 heterocycles. The van der Waals surface area contributed by atoms with Crippen LogP contribution in [-0.2, 0) is 0 Å². The third-order valence-corrected chi connectivity index (χ3v) is 4.52. The number of nitrogens with one attached hydrogen (secondary N) is 1. The highest BCUT2D eigenvalue weighted by atomic mass is 28.4. The molecule has 0 unspecified atom stereocenters. The van der Waals surface area contributed by atoms with E-state index in [9.17, 15) is 0 Å². The second-order valence-corrected chi connectivity index (χ2v) is 11.0. The summed E-state index contributed by atoms with van der Waals surface area (Å²) in [5, 5.41) is 3.42. The molecule has 0 bridgehead atoms. The minimum absolute atomic E-state index is 0.436. The first-order chi connectivity index (χ1) is 9.99. The molecule has 1 aromatic rings. The van der Waals surface area contributed by atoms with E-state index in [-0.39, 0.29) is 0 Å². The number of rotatable bonds is 6. The number of benzene rings is 1. The van der Waals surface area contributed by atoms with Gasteiger partial charge in [0.1, 0.15) is 5.75 Å². The van der Waals surface area contributed by atoms with E-state index < -0.39 is 8.32 Å². The molecule has 1 aliphatic heterocycles. The van der Waals surface area contributed by atoms with Crippen LogP contribution in [0.15, 0.2) is 36.9 Å². The van der Waals surface area contributed by atoms with Gasteiger partial charge in [-0.15, -0.1) is 6.58 Å². The molecule has 0 amide bonds. The highest BCUT2D eigenvalue weighted by molar-refractivity contribution is 6.70. The van der Waals surface area contributed by atoms with Crippen molar-refractivity contribution in [3.8, 4) is 5.75 Å². The summed E-state index contributed by atoms with van der Waals surface area (Å²) in [6, 6.07) is 9.10.